The second-order valence-corrected chi connectivity index (χ2v) is 6.53. The Morgan fingerprint density at radius 2 is 1.62 bits per heavy atom. The molecule has 0 bridgehead atoms. The standard InChI is InChI=1S/C19H31FO/c1-3-4-5-6-7-8-9-10-14-19(2,21)16-17-12-11-13-18(20)15-17/h11-13,15,21H,3-10,14,16H2,1-2H3. The summed E-state index contributed by atoms with van der Waals surface area (Å²) in [6.45, 7) is 4.10. The van der Waals surface area contributed by atoms with Crippen molar-refractivity contribution in [3.63, 3.8) is 0 Å². The molecular weight excluding hydrogens is 263 g/mol. The summed E-state index contributed by atoms with van der Waals surface area (Å²) in [4.78, 5) is 0. The molecule has 1 nitrogen and oxygen atoms in total. The third-order valence-corrected chi connectivity index (χ3v) is 4.04. The lowest BCUT2D eigenvalue weighted by Gasteiger charge is -2.23. The molecule has 1 aromatic carbocycles. The van der Waals surface area contributed by atoms with Crippen molar-refractivity contribution in [2.24, 2.45) is 0 Å². The molecule has 2 heteroatoms. The van der Waals surface area contributed by atoms with Crippen LogP contribution in [0.2, 0.25) is 0 Å². The fourth-order valence-corrected chi connectivity index (χ4v) is 2.81. The molecular formula is C19H31FO. The van der Waals surface area contributed by atoms with Gasteiger partial charge in [0.25, 0.3) is 0 Å². The van der Waals surface area contributed by atoms with E-state index in [-0.39, 0.29) is 5.82 Å². The lowest BCUT2D eigenvalue weighted by Crippen LogP contribution is -2.27. The predicted octanol–water partition coefficient (Wildman–Crippen LogP) is 5.65. The summed E-state index contributed by atoms with van der Waals surface area (Å²) in [5, 5.41) is 10.4. The molecule has 0 radical (unpaired) electrons. The predicted molar refractivity (Wildman–Crippen MR) is 88.0 cm³/mol. The fraction of sp³-hybridized carbons (Fsp3) is 0.684. The number of hydrogen-bond acceptors (Lipinski definition) is 1. The highest BCUT2D eigenvalue weighted by molar-refractivity contribution is 5.18. The second-order valence-electron chi connectivity index (χ2n) is 6.53. The second kappa shape index (κ2) is 9.94. The highest BCUT2D eigenvalue weighted by Crippen LogP contribution is 2.21. The van der Waals surface area contributed by atoms with Crippen molar-refractivity contribution in [3.05, 3.63) is 35.6 Å². The van der Waals surface area contributed by atoms with Crippen molar-refractivity contribution >= 4 is 0 Å². The molecule has 1 aromatic rings. The summed E-state index contributed by atoms with van der Waals surface area (Å²) < 4.78 is 13.1. The highest BCUT2D eigenvalue weighted by atomic mass is 19.1. The van der Waals surface area contributed by atoms with Crippen LogP contribution in [-0.2, 0) is 6.42 Å². The maximum Gasteiger partial charge on any atom is 0.123 e. The third-order valence-electron chi connectivity index (χ3n) is 4.04. The molecule has 0 aliphatic heterocycles. The van der Waals surface area contributed by atoms with Gasteiger partial charge in [-0.15, -0.1) is 0 Å². The van der Waals surface area contributed by atoms with Crippen LogP contribution in [0, 0.1) is 5.82 Å². The van der Waals surface area contributed by atoms with Crippen LogP contribution in [0.25, 0.3) is 0 Å². The first-order valence-electron chi connectivity index (χ1n) is 8.50. The molecule has 0 aliphatic carbocycles. The Balaban J connectivity index is 2.15. The van der Waals surface area contributed by atoms with Crippen LogP contribution < -0.4 is 0 Å². The topological polar surface area (TPSA) is 20.2 Å². The maximum absolute atomic E-state index is 13.1. The molecule has 0 heterocycles. The molecule has 0 aliphatic rings. The van der Waals surface area contributed by atoms with Crippen molar-refractivity contribution in [1.29, 1.82) is 0 Å². The average molecular weight is 294 g/mol. The minimum atomic E-state index is -0.726. The average Bonchev–Trinajstić information content (AvgIpc) is 2.41. The van der Waals surface area contributed by atoms with Gasteiger partial charge in [-0.2, -0.15) is 0 Å². The van der Waals surface area contributed by atoms with Crippen LogP contribution in [0.15, 0.2) is 24.3 Å². The zero-order valence-electron chi connectivity index (χ0n) is 13.7. The normalized spacial score (nSPS) is 14.1. The number of unbranched alkanes of at least 4 members (excludes halogenated alkanes) is 7. The summed E-state index contributed by atoms with van der Waals surface area (Å²) in [7, 11) is 0. The summed E-state index contributed by atoms with van der Waals surface area (Å²) >= 11 is 0. The molecule has 1 N–H and O–H groups in total. The largest absolute Gasteiger partial charge is 0.390 e. The Bertz CT molecular complexity index is 387. The van der Waals surface area contributed by atoms with Crippen LogP contribution in [0.1, 0.15) is 77.2 Å². The Hall–Kier alpha value is -0.890. The molecule has 0 amide bonds. The molecule has 1 atom stereocenters. The number of aliphatic hydroxyl groups is 1. The molecule has 1 unspecified atom stereocenters. The minimum absolute atomic E-state index is 0.227. The van der Waals surface area contributed by atoms with Gasteiger partial charge in [-0.05, 0) is 31.0 Å². The Morgan fingerprint density at radius 3 is 2.24 bits per heavy atom. The molecule has 0 saturated heterocycles. The van der Waals surface area contributed by atoms with Gasteiger partial charge in [-0.3, -0.25) is 0 Å². The van der Waals surface area contributed by atoms with Crippen molar-refractivity contribution in [3.8, 4) is 0 Å². The summed E-state index contributed by atoms with van der Waals surface area (Å²) in [5.41, 5.74) is 0.148. The van der Waals surface area contributed by atoms with Gasteiger partial charge in [0.05, 0.1) is 5.60 Å². The van der Waals surface area contributed by atoms with E-state index in [1.54, 1.807) is 6.07 Å². The molecule has 21 heavy (non-hydrogen) atoms. The molecule has 120 valence electrons. The first-order valence-corrected chi connectivity index (χ1v) is 8.50. The van der Waals surface area contributed by atoms with E-state index in [1.807, 2.05) is 13.0 Å². The van der Waals surface area contributed by atoms with E-state index >= 15 is 0 Å². The van der Waals surface area contributed by atoms with Crippen LogP contribution in [0.5, 0.6) is 0 Å². The Kier molecular flexibility index (Phi) is 8.60. The van der Waals surface area contributed by atoms with Gasteiger partial charge < -0.3 is 5.11 Å². The van der Waals surface area contributed by atoms with Gasteiger partial charge >= 0.3 is 0 Å². The first-order chi connectivity index (χ1) is 10.0. The smallest absolute Gasteiger partial charge is 0.123 e. The molecule has 0 saturated carbocycles. The van der Waals surface area contributed by atoms with Gasteiger partial charge in [0.15, 0.2) is 0 Å². The molecule has 0 fully saturated rings. The van der Waals surface area contributed by atoms with E-state index in [4.69, 9.17) is 0 Å². The van der Waals surface area contributed by atoms with Crippen molar-refractivity contribution in [2.45, 2.75) is 83.7 Å². The van der Waals surface area contributed by atoms with E-state index in [0.29, 0.717) is 6.42 Å². The van der Waals surface area contributed by atoms with Gasteiger partial charge in [-0.25, -0.2) is 4.39 Å². The van der Waals surface area contributed by atoms with Gasteiger partial charge in [0, 0.05) is 6.42 Å². The van der Waals surface area contributed by atoms with Crippen LogP contribution in [-0.4, -0.2) is 10.7 Å². The lowest BCUT2D eigenvalue weighted by molar-refractivity contribution is 0.0484. The zero-order chi connectivity index (χ0) is 15.6. The number of halogens is 1. The molecule has 0 aromatic heterocycles. The van der Waals surface area contributed by atoms with E-state index in [2.05, 4.69) is 6.92 Å². The SMILES string of the molecule is CCCCCCCCCCC(C)(O)Cc1cccc(F)c1. The number of hydrogen-bond donors (Lipinski definition) is 1. The van der Waals surface area contributed by atoms with Crippen molar-refractivity contribution in [2.75, 3.05) is 0 Å². The highest BCUT2D eigenvalue weighted by Gasteiger charge is 2.20. The molecule has 0 spiro atoms. The third kappa shape index (κ3) is 8.87. The van der Waals surface area contributed by atoms with Crippen molar-refractivity contribution < 1.29 is 9.50 Å². The molecule has 1 rings (SSSR count). The lowest BCUT2D eigenvalue weighted by atomic mass is 9.90. The summed E-state index contributed by atoms with van der Waals surface area (Å²) in [6, 6.07) is 6.54. The maximum atomic E-state index is 13.1. The Labute approximate surface area is 129 Å². The zero-order valence-corrected chi connectivity index (χ0v) is 13.7. The van der Waals surface area contributed by atoms with Crippen LogP contribution >= 0.6 is 0 Å². The summed E-state index contributed by atoms with van der Waals surface area (Å²) in [6.07, 6.45) is 11.5. The van der Waals surface area contributed by atoms with Gasteiger partial charge in [0.1, 0.15) is 5.82 Å². The van der Waals surface area contributed by atoms with Crippen LogP contribution in [0.3, 0.4) is 0 Å². The van der Waals surface area contributed by atoms with E-state index in [9.17, 15) is 9.50 Å². The fourth-order valence-electron chi connectivity index (χ4n) is 2.81. The van der Waals surface area contributed by atoms with Crippen molar-refractivity contribution in [1.82, 2.24) is 0 Å². The Morgan fingerprint density at radius 1 is 1.00 bits per heavy atom. The quantitative estimate of drug-likeness (QED) is 0.523. The number of benzene rings is 1. The van der Waals surface area contributed by atoms with Crippen LogP contribution in [0.4, 0.5) is 4.39 Å². The first kappa shape index (κ1) is 18.2. The van der Waals surface area contributed by atoms with Gasteiger partial charge in [0.2, 0.25) is 0 Å². The minimum Gasteiger partial charge on any atom is -0.390 e. The number of rotatable bonds is 11. The summed E-state index contributed by atoms with van der Waals surface area (Å²) in [5.74, 6) is -0.227. The van der Waals surface area contributed by atoms with E-state index in [0.717, 1.165) is 18.4 Å². The van der Waals surface area contributed by atoms with E-state index < -0.39 is 5.60 Å². The monoisotopic (exact) mass is 294 g/mol. The van der Waals surface area contributed by atoms with E-state index in [1.165, 1.54) is 57.1 Å². The van der Waals surface area contributed by atoms with Gasteiger partial charge in [-0.1, -0.05) is 70.4 Å².